The molecule has 2 rings (SSSR count). The highest BCUT2D eigenvalue weighted by molar-refractivity contribution is 8.00. The number of amides is 1. The summed E-state index contributed by atoms with van der Waals surface area (Å²) in [5, 5.41) is 2.81. The molecule has 0 aliphatic carbocycles. The first-order valence-corrected chi connectivity index (χ1v) is 7.54. The maximum Gasteiger partial charge on any atom is 0.230 e. The predicted molar refractivity (Wildman–Crippen MR) is 84.6 cm³/mol. The maximum absolute atomic E-state index is 12.8. The van der Waals surface area contributed by atoms with Crippen LogP contribution in [0.25, 0.3) is 0 Å². The number of thioether (sulfide) groups is 1. The molecule has 0 bridgehead atoms. The Hall–Kier alpha value is -2.01. The van der Waals surface area contributed by atoms with Gasteiger partial charge in [-0.3, -0.25) is 4.79 Å². The molecule has 0 unspecified atom stereocenters. The van der Waals surface area contributed by atoms with Crippen molar-refractivity contribution in [3.63, 3.8) is 0 Å². The second-order valence-electron chi connectivity index (χ2n) is 4.66. The number of nitrogens with one attached hydrogen (secondary N) is 1. The summed E-state index contributed by atoms with van der Waals surface area (Å²) in [7, 11) is 0. The maximum atomic E-state index is 12.8. The summed E-state index contributed by atoms with van der Waals surface area (Å²) >= 11 is 1.45. The van der Waals surface area contributed by atoms with Crippen LogP contribution in [-0.4, -0.2) is 11.7 Å². The molecule has 0 saturated heterocycles. The molecule has 0 fully saturated rings. The Kier molecular flexibility index (Phi) is 5.22. The minimum Gasteiger partial charge on any atom is -0.398 e. The standard InChI is InChI=1S/C16H17FN2OS/c1-11-14(18)3-2-4-15(11)21-10-16(20)19-9-12-5-7-13(17)8-6-12/h2-8H,9-10,18H2,1H3,(H,19,20). The van der Waals surface area contributed by atoms with Gasteiger partial charge in [0.1, 0.15) is 5.82 Å². The van der Waals surface area contributed by atoms with Crippen LogP contribution < -0.4 is 11.1 Å². The van der Waals surface area contributed by atoms with Crippen LogP contribution in [0.5, 0.6) is 0 Å². The molecule has 3 N–H and O–H groups in total. The number of hydrogen-bond acceptors (Lipinski definition) is 3. The van der Waals surface area contributed by atoms with Crippen LogP contribution in [0, 0.1) is 12.7 Å². The quantitative estimate of drug-likeness (QED) is 0.659. The summed E-state index contributed by atoms with van der Waals surface area (Å²) in [4.78, 5) is 12.8. The Morgan fingerprint density at radius 2 is 1.95 bits per heavy atom. The summed E-state index contributed by atoms with van der Waals surface area (Å²) < 4.78 is 12.8. The van der Waals surface area contributed by atoms with E-state index in [4.69, 9.17) is 5.73 Å². The van der Waals surface area contributed by atoms with Gasteiger partial charge in [0, 0.05) is 17.1 Å². The summed E-state index contributed by atoms with van der Waals surface area (Å²) in [5.41, 5.74) is 8.42. The summed E-state index contributed by atoms with van der Waals surface area (Å²) in [6.07, 6.45) is 0. The van der Waals surface area contributed by atoms with Crippen LogP contribution >= 0.6 is 11.8 Å². The zero-order chi connectivity index (χ0) is 15.2. The van der Waals surface area contributed by atoms with Gasteiger partial charge in [-0.25, -0.2) is 4.39 Å². The summed E-state index contributed by atoms with van der Waals surface area (Å²) in [6, 6.07) is 11.7. The van der Waals surface area contributed by atoms with Gasteiger partial charge in [0.2, 0.25) is 5.91 Å². The number of anilines is 1. The van der Waals surface area contributed by atoms with Crippen molar-refractivity contribution >= 4 is 23.4 Å². The molecule has 0 aromatic heterocycles. The van der Waals surface area contributed by atoms with E-state index in [0.717, 1.165) is 21.7 Å². The lowest BCUT2D eigenvalue weighted by molar-refractivity contribution is -0.118. The van der Waals surface area contributed by atoms with Crippen molar-refractivity contribution in [1.82, 2.24) is 5.32 Å². The Morgan fingerprint density at radius 3 is 2.67 bits per heavy atom. The van der Waals surface area contributed by atoms with E-state index in [1.54, 1.807) is 12.1 Å². The Balaban J connectivity index is 1.82. The van der Waals surface area contributed by atoms with E-state index in [1.807, 2.05) is 25.1 Å². The van der Waals surface area contributed by atoms with Crippen LogP contribution in [0.15, 0.2) is 47.4 Å². The lowest BCUT2D eigenvalue weighted by Crippen LogP contribution is -2.24. The Bertz CT molecular complexity index is 629. The highest BCUT2D eigenvalue weighted by Gasteiger charge is 2.06. The molecule has 2 aromatic rings. The third-order valence-corrected chi connectivity index (χ3v) is 4.25. The van der Waals surface area contributed by atoms with Gasteiger partial charge in [-0.15, -0.1) is 11.8 Å². The highest BCUT2D eigenvalue weighted by Crippen LogP contribution is 2.25. The van der Waals surface area contributed by atoms with Crippen LogP contribution in [0.1, 0.15) is 11.1 Å². The topological polar surface area (TPSA) is 55.1 Å². The lowest BCUT2D eigenvalue weighted by Gasteiger charge is -2.08. The zero-order valence-electron chi connectivity index (χ0n) is 11.7. The molecule has 0 radical (unpaired) electrons. The number of benzene rings is 2. The third kappa shape index (κ3) is 4.49. The summed E-state index contributed by atoms with van der Waals surface area (Å²) in [5.74, 6) is -0.0187. The average Bonchev–Trinajstić information content (AvgIpc) is 2.48. The first-order valence-electron chi connectivity index (χ1n) is 6.55. The van der Waals surface area contributed by atoms with Crippen molar-refractivity contribution in [3.05, 3.63) is 59.4 Å². The number of halogens is 1. The van der Waals surface area contributed by atoms with E-state index < -0.39 is 0 Å². The minimum atomic E-state index is -0.280. The minimum absolute atomic E-state index is 0.0638. The van der Waals surface area contributed by atoms with Gasteiger partial charge in [0.25, 0.3) is 0 Å². The van der Waals surface area contributed by atoms with Crippen molar-refractivity contribution in [2.45, 2.75) is 18.4 Å². The smallest absolute Gasteiger partial charge is 0.230 e. The Morgan fingerprint density at radius 1 is 1.24 bits per heavy atom. The van der Waals surface area contributed by atoms with Crippen molar-refractivity contribution < 1.29 is 9.18 Å². The van der Waals surface area contributed by atoms with Crippen LogP contribution in [0.4, 0.5) is 10.1 Å². The molecule has 0 aliphatic heterocycles. The fourth-order valence-electron chi connectivity index (χ4n) is 1.79. The van der Waals surface area contributed by atoms with E-state index in [1.165, 1.54) is 23.9 Å². The van der Waals surface area contributed by atoms with Crippen LogP contribution in [0.3, 0.4) is 0 Å². The average molecular weight is 304 g/mol. The number of carbonyl (C=O) groups excluding carboxylic acids is 1. The van der Waals surface area contributed by atoms with Crippen molar-refractivity contribution in [3.8, 4) is 0 Å². The number of nitrogen functional groups attached to an aromatic ring is 1. The molecular formula is C16H17FN2OS. The molecule has 3 nitrogen and oxygen atoms in total. The van der Waals surface area contributed by atoms with E-state index in [2.05, 4.69) is 5.32 Å². The Labute approximate surface area is 127 Å². The fraction of sp³-hybridized carbons (Fsp3) is 0.188. The fourth-order valence-corrected chi connectivity index (χ4v) is 2.68. The molecule has 110 valence electrons. The molecule has 0 heterocycles. The van der Waals surface area contributed by atoms with Crippen molar-refractivity contribution in [2.75, 3.05) is 11.5 Å². The van der Waals surface area contributed by atoms with Gasteiger partial charge in [-0.1, -0.05) is 18.2 Å². The van der Waals surface area contributed by atoms with Gasteiger partial charge in [-0.2, -0.15) is 0 Å². The summed E-state index contributed by atoms with van der Waals surface area (Å²) in [6.45, 7) is 2.34. The molecule has 0 atom stereocenters. The van der Waals surface area contributed by atoms with Crippen molar-refractivity contribution in [1.29, 1.82) is 0 Å². The van der Waals surface area contributed by atoms with Crippen LogP contribution in [-0.2, 0) is 11.3 Å². The van der Waals surface area contributed by atoms with Crippen LogP contribution in [0.2, 0.25) is 0 Å². The van der Waals surface area contributed by atoms with E-state index in [9.17, 15) is 9.18 Å². The SMILES string of the molecule is Cc1c(N)cccc1SCC(=O)NCc1ccc(F)cc1. The molecule has 0 aliphatic rings. The molecular weight excluding hydrogens is 287 g/mol. The number of rotatable bonds is 5. The zero-order valence-corrected chi connectivity index (χ0v) is 12.5. The third-order valence-electron chi connectivity index (χ3n) is 3.09. The van der Waals surface area contributed by atoms with Gasteiger partial charge < -0.3 is 11.1 Å². The van der Waals surface area contributed by atoms with E-state index >= 15 is 0 Å². The first-order chi connectivity index (χ1) is 10.1. The van der Waals surface area contributed by atoms with Gasteiger partial charge in [0.15, 0.2) is 0 Å². The van der Waals surface area contributed by atoms with E-state index in [-0.39, 0.29) is 11.7 Å². The van der Waals surface area contributed by atoms with Gasteiger partial charge >= 0.3 is 0 Å². The first kappa shape index (κ1) is 15.4. The predicted octanol–water partition coefficient (Wildman–Crippen LogP) is 3.12. The van der Waals surface area contributed by atoms with Gasteiger partial charge in [-0.05, 0) is 42.3 Å². The van der Waals surface area contributed by atoms with E-state index in [0.29, 0.717) is 12.3 Å². The highest BCUT2D eigenvalue weighted by atomic mass is 32.2. The normalized spacial score (nSPS) is 10.4. The lowest BCUT2D eigenvalue weighted by atomic mass is 10.2. The molecule has 1 amide bonds. The monoisotopic (exact) mass is 304 g/mol. The van der Waals surface area contributed by atoms with Crippen molar-refractivity contribution in [2.24, 2.45) is 0 Å². The molecule has 0 saturated carbocycles. The number of hydrogen-bond donors (Lipinski definition) is 2. The second kappa shape index (κ2) is 7.13. The molecule has 2 aromatic carbocycles. The molecule has 5 heteroatoms. The molecule has 21 heavy (non-hydrogen) atoms. The molecule has 0 spiro atoms. The largest absolute Gasteiger partial charge is 0.398 e. The second-order valence-corrected chi connectivity index (χ2v) is 5.68. The van der Waals surface area contributed by atoms with Gasteiger partial charge in [0.05, 0.1) is 5.75 Å². The number of nitrogens with two attached hydrogens (primary N) is 1. The number of carbonyl (C=O) groups is 1.